The first-order valence-electron chi connectivity index (χ1n) is 4.81. The minimum Gasteiger partial charge on any atom is -0.475 e. The van der Waals surface area contributed by atoms with Crippen molar-refractivity contribution in [3.63, 3.8) is 0 Å². The lowest BCUT2D eigenvalue weighted by atomic mass is 9.85. The number of carbonyl (C=O) groups is 1. The van der Waals surface area contributed by atoms with Crippen LogP contribution in [0.25, 0.3) is 0 Å². The maximum Gasteiger partial charge on any atom is 0.371 e. The van der Waals surface area contributed by atoms with Gasteiger partial charge in [-0.15, -0.1) is 0 Å². The molecule has 0 unspecified atom stereocenters. The van der Waals surface area contributed by atoms with E-state index in [0.29, 0.717) is 0 Å². The van der Waals surface area contributed by atoms with Crippen LogP contribution in [0.2, 0.25) is 0 Å². The molecular formula is C11H16O3. The largest absolute Gasteiger partial charge is 0.475 e. The fourth-order valence-corrected chi connectivity index (χ4v) is 1.56. The van der Waals surface area contributed by atoms with E-state index in [-0.39, 0.29) is 11.2 Å². The molecule has 0 atom stereocenters. The van der Waals surface area contributed by atoms with Gasteiger partial charge in [0.05, 0.1) is 0 Å². The summed E-state index contributed by atoms with van der Waals surface area (Å²) in [6.07, 6.45) is 2.04. The zero-order valence-electron chi connectivity index (χ0n) is 8.83. The average Bonchev–Trinajstić information content (AvgIpc) is 2.51. The smallest absolute Gasteiger partial charge is 0.371 e. The van der Waals surface area contributed by atoms with Gasteiger partial charge >= 0.3 is 5.97 Å². The van der Waals surface area contributed by atoms with Crippen molar-refractivity contribution in [2.24, 2.45) is 0 Å². The van der Waals surface area contributed by atoms with Crippen molar-refractivity contribution in [2.75, 3.05) is 0 Å². The van der Waals surface area contributed by atoms with E-state index in [1.807, 2.05) is 0 Å². The minimum absolute atomic E-state index is 0.0178. The van der Waals surface area contributed by atoms with Crippen molar-refractivity contribution in [3.05, 3.63) is 23.7 Å². The van der Waals surface area contributed by atoms with E-state index >= 15 is 0 Å². The molecule has 0 aliphatic rings. The van der Waals surface area contributed by atoms with E-state index in [9.17, 15) is 4.79 Å². The van der Waals surface area contributed by atoms with Crippen molar-refractivity contribution >= 4 is 5.97 Å². The number of carboxylic acids is 1. The molecule has 1 aromatic rings. The van der Waals surface area contributed by atoms with E-state index in [1.165, 1.54) is 6.07 Å². The van der Waals surface area contributed by atoms with Gasteiger partial charge < -0.3 is 9.52 Å². The molecule has 0 saturated carbocycles. The first kappa shape index (κ1) is 10.8. The SMILES string of the molecule is CCCC(C)(C)c1ccc(C(=O)O)o1. The Balaban J connectivity index is 2.90. The Morgan fingerprint density at radius 3 is 2.57 bits per heavy atom. The van der Waals surface area contributed by atoms with Gasteiger partial charge in [0.1, 0.15) is 5.76 Å². The third-order valence-corrected chi connectivity index (χ3v) is 2.36. The average molecular weight is 196 g/mol. The van der Waals surface area contributed by atoms with E-state index in [2.05, 4.69) is 20.8 Å². The lowest BCUT2D eigenvalue weighted by Crippen LogP contribution is -2.15. The molecule has 3 heteroatoms. The molecule has 1 heterocycles. The van der Waals surface area contributed by atoms with Crippen LogP contribution in [-0.4, -0.2) is 11.1 Å². The van der Waals surface area contributed by atoms with Gasteiger partial charge in [0, 0.05) is 5.41 Å². The van der Waals surface area contributed by atoms with Crippen molar-refractivity contribution in [1.29, 1.82) is 0 Å². The molecule has 14 heavy (non-hydrogen) atoms. The molecule has 1 rings (SSSR count). The summed E-state index contributed by atoms with van der Waals surface area (Å²) in [6.45, 7) is 6.21. The van der Waals surface area contributed by atoms with Crippen molar-refractivity contribution in [1.82, 2.24) is 0 Å². The highest BCUT2D eigenvalue weighted by Gasteiger charge is 2.24. The second kappa shape index (κ2) is 3.86. The number of rotatable bonds is 4. The predicted molar refractivity (Wildman–Crippen MR) is 53.6 cm³/mol. The molecule has 0 saturated heterocycles. The lowest BCUT2D eigenvalue weighted by Gasteiger charge is -2.20. The maximum atomic E-state index is 10.6. The van der Waals surface area contributed by atoms with Gasteiger partial charge in [-0.3, -0.25) is 0 Å². The van der Waals surface area contributed by atoms with Crippen molar-refractivity contribution < 1.29 is 14.3 Å². The minimum atomic E-state index is -1.01. The van der Waals surface area contributed by atoms with E-state index in [1.54, 1.807) is 6.07 Å². The van der Waals surface area contributed by atoms with Gasteiger partial charge in [0.25, 0.3) is 0 Å². The molecule has 0 aliphatic heterocycles. The molecule has 1 N–H and O–H groups in total. The molecule has 1 aromatic heterocycles. The topological polar surface area (TPSA) is 50.4 Å². The van der Waals surface area contributed by atoms with Crippen LogP contribution in [-0.2, 0) is 5.41 Å². The summed E-state index contributed by atoms with van der Waals surface area (Å²) in [7, 11) is 0. The van der Waals surface area contributed by atoms with Crippen LogP contribution in [0.4, 0.5) is 0 Å². The molecule has 3 nitrogen and oxygen atoms in total. The maximum absolute atomic E-state index is 10.6. The second-order valence-corrected chi connectivity index (χ2v) is 4.10. The number of furan rings is 1. The van der Waals surface area contributed by atoms with Crippen LogP contribution in [0, 0.1) is 0 Å². The summed E-state index contributed by atoms with van der Waals surface area (Å²) in [5, 5.41) is 8.70. The van der Waals surface area contributed by atoms with Crippen molar-refractivity contribution in [2.45, 2.75) is 39.0 Å². The number of carboxylic acid groups (broad SMARTS) is 1. The molecule has 0 bridgehead atoms. The Bertz CT molecular complexity index is 323. The Hall–Kier alpha value is -1.25. The van der Waals surface area contributed by atoms with Crippen LogP contribution in [0.1, 0.15) is 49.9 Å². The highest BCUT2D eigenvalue weighted by Crippen LogP contribution is 2.29. The third kappa shape index (κ3) is 2.16. The Morgan fingerprint density at radius 1 is 1.50 bits per heavy atom. The van der Waals surface area contributed by atoms with Crippen LogP contribution in [0.3, 0.4) is 0 Å². The molecule has 0 aliphatic carbocycles. The zero-order chi connectivity index (χ0) is 10.8. The first-order chi connectivity index (χ1) is 6.47. The van der Waals surface area contributed by atoms with Crippen molar-refractivity contribution in [3.8, 4) is 0 Å². The zero-order valence-corrected chi connectivity index (χ0v) is 8.83. The molecule has 0 aromatic carbocycles. The summed E-state index contributed by atoms with van der Waals surface area (Å²) in [6, 6.07) is 3.26. The van der Waals surface area contributed by atoms with Crippen LogP contribution in [0.5, 0.6) is 0 Å². The monoisotopic (exact) mass is 196 g/mol. The summed E-state index contributed by atoms with van der Waals surface area (Å²) in [5.41, 5.74) is -0.0809. The van der Waals surface area contributed by atoms with Gasteiger partial charge in [-0.05, 0) is 18.6 Å². The Kier molecular flexibility index (Phi) is 2.99. The Labute approximate surface area is 83.7 Å². The standard InChI is InChI=1S/C11H16O3/c1-4-7-11(2,3)9-6-5-8(14-9)10(12)13/h5-6H,4,7H2,1-3H3,(H,12,13). The Morgan fingerprint density at radius 2 is 2.14 bits per heavy atom. The third-order valence-electron chi connectivity index (χ3n) is 2.36. The lowest BCUT2D eigenvalue weighted by molar-refractivity contribution is 0.0658. The van der Waals surface area contributed by atoms with Gasteiger partial charge in [-0.25, -0.2) is 4.79 Å². The van der Waals surface area contributed by atoms with Gasteiger partial charge in [0.2, 0.25) is 5.76 Å². The normalized spacial score (nSPS) is 11.6. The molecule has 78 valence electrons. The highest BCUT2D eigenvalue weighted by molar-refractivity contribution is 5.84. The van der Waals surface area contributed by atoms with Crippen LogP contribution >= 0.6 is 0 Å². The first-order valence-corrected chi connectivity index (χ1v) is 4.81. The summed E-state index contributed by atoms with van der Waals surface area (Å²) in [5.74, 6) is -0.246. The molecule has 0 fully saturated rings. The highest BCUT2D eigenvalue weighted by atomic mass is 16.4. The molecule has 0 radical (unpaired) electrons. The van der Waals surface area contributed by atoms with Crippen LogP contribution < -0.4 is 0 Å². The van der Waals surface area contributed by atoms with Crippen LogP contribution in [0.15, 0.2) is 16.5 Å². The van der Waals surface area contributed by atoms with E-state index < -0.39 is 5.97 Å². The number of hydrogen-bond acceptors (Lipinski definition) is 2. The predicted octanol–water partition coefficient (Wildman–Crippen LogP) is 3.06. The fraction of sp³-hybridized carbons (Fsp3) is 0.545. The number of aromatic carboxylic acids is 1. The summed E-state index contributed by atoms with van der Waals surface area (Å²) < 4.78 is 5.26. The fourth-order valence-electron chi connectivity index (χ4n) is 1.56. The van der Waals surface area contributed by atoms with Gasteiger partial charge in [-0.2, -0.15) is 0 Å². The quantitative estimate of drug-likeness (QED) is 0.805. The van der Waals surface area contributed by atoms with E-state index in [0.717, 1.165) is 18.6 Å². The number of hydrogen-bond donors (Lipinski definition) is 1. The second-order valence-electron chi connectivity index (χ2n) is 4.10. The van der Waals surface area contributed by atoms with Gasteiger partial charge in [0.15, 0.2) is 0 Å². The summed E-state index contributed by atoms with van der Waals surface area (Å²) in [4.78, 5) is 10.6. The molecule has 0 spiro atoms. The van der Waals surface area contributed by atoms with Gasteiger partial charge in [-0.1, -0.05) is 27.2 Å². The summed E-state index contributed by atoms with van der Waals surface area (Å²) >= 11 is 0. The molecule has 0 amide bonds. The molecular weight excluding hydrogens is 180 g/mol. The van der Waals surface area contributed by atoms with E-state index in [4.69, 9.17) is 9.52 Å².